The van der Waals surface area contributed by atoms with Gasteiger partial charge in [0.05, 0.1) is 17.7 Å². The first-order valence-electron chi connectivity index (χ1n) is 6.19. The Bertz CT molecular complexity index is 581. The highest BCUT2D eigenvalue weighted by Gasteiger charge is 2.22. The van der Waals surface area contributed by atoms with Crippen LogP contribution in [0.25, 0.3) is 0 Å². The second kappa shape index (κ2) is 8.30. The molecule has 0 amide bonds. The van der Waals surface area contributed by atoms with Gasteiger partial charge in [0, 0.05) is 24.7 Å². The van der Waals surface area contributed by atoms with Crippen molar-refractivity contribution in [3.05, 3.63) is 21.6 Å². The Morgan fingerprint density at radius 3 is 2.67 bits per heavy atom. The first-order chi connectivity index (χ1) is 9.77. The van der Waals surface area contributed by atoms with E-state index in [4.69, 9.17) is 21.4 Å². The first kappa shape index (κ1) is 18.7. The lowest BCUT2D eigenvalue weighted by Crippen LogP contribution is -2.34. The zero-order valence-electron chi connectivity index (χ0n) is 11.7. The molecule has 0 aromatic heterocycles. The number of aliphatic hydroxyl groups excluding tert-OH is 1. The van der Waals surface area contributed by atoms with Crippen LogP contribution in [-0.2, 0) is 10.0 Å². The monoisotopic (exact) mass is 400 g/mol. The SMILES string of the molecule is COc1c(Br)cc(Cl)cc1S(=O)(=O)NCCNCC(C)O. The maximum Gasteiger partial charge on any atom is 0.244 e. The van der Waals surface area contributed by atoms with Crippen LogP contribution in [0.15, 0.2) is 21.5 Å². The summed E-state index contributed by atoms with van der Waals surface area (Å²) in [5, 5.41) is 12.3. The normalized spacial score (nSPS) is 13.2. The predicted molar refractivity (Wildman–Crippen MR) is 85.4 cm³/mol. The van der Waals surface area contributed by atoms with E-state index in [0.717, 1.165) is 0 Å². The molecule has 0 radical (unpaired) electrons. The van der Waals surface area contributed by atoms with Gasteiger partial charge in [-0.1, -0.05) is 11.6 Å². The summed E-state index contributed by atoms with van der Waals surface area (Å²) in [5.74, 6) is 0.198. The van der Waals surface area contributed by atoms with E-state index >= 15 is 0 Å². The third-order valence-corrected chi connectivity index (χ3v) is 4.78. The van der Waals surface area contributed by atoms with Gasteiger partial charge in [-0.2, -0.15) is 0 Å². The number of hydrogen-bond acceptors (Lipinski definition) is 5. The molecule has 0 heterocycles. The fraction of sp³-hybridized carbons (Fsp3) is 0.500. The molecule has 1 atom stereocenters. The summed E-state index contributed by atoms with van der Waals surface area (Å²) in [6, 6.07) is 2.89. The number of rotatable bonds is 8. The maximum atomic E-state index is 12.3. The molecule has 6 nitrogen and oxygen atoms in total. The molecular weight excluding hydrogens is 384 g/mol. The molecule has 120 valence electrons. The van der Waals surface area contributed by atoms with Gasteiger partial charge >= 0.3 is 0 Å². The first-order valence-corrected chi connectivity index (χ1v) is 8.85. The van der Waals surface area contributed by atoms with Crippen LogP contribution < -0.4 is 14.8 Å². The summed E-state index contributed by atoms with van der Waals surface area (Å²) in [5.41, 5.74) is 0. The number of nitrogens with one attached hydrogen (secondary N) is 2. The Labute approximate surface area is 138 Å². The van der Waals surface area contributed by atoms with E-state index in [1.807, 2.05) is 0 Å². The molecule has 1 aromatic carbocycles. The molecule has 0 bridgehead atoms. The van der Waals surface area contributed by atoms with E-state index in [2.05, 4.69) is 26.0 Å². The quantitative estimate of drug-likeness (QED) is 0.573. The topological polar surface area (TPSA) is 87.7 Å². The lowest BCUT2D eigenvalue weighted by Gasteiger charge is -2.13. The zero-order chi connectivity index (χ0) is 16.0. The Morgan fingerprint density at radius 2 is 2.10 bits per heavy atom. The second-order valence-corrected chi connectivity index (χ2v) is 7.40. The van der Waals surface area contributed by atoms with Gasteiger partial charge in [-0.25, -0.2) is 13.1 Å². The fourth-order valence-corrected chi connectivity index (χ4v) is 4.01. The average Bonchev–Trinajstić information content (AvgIpc) is 2.37. The fourth-order valence-electron chi connectivity index (χ4n) is 1.60. The van der Waals surface area contributed by atoms with Gasteiger partial charge in [-0.05, 0) is 35.0 Å². The number of methoxy groups -OCH3 is 1. The number of hydrogen-bond donors (Lipinski definition) is 3. The number of benzene rings is 1. The third-order valence-electron chi connectivity index (χ3n) is 2.50. The van der Waals surface area contributed by atoms with Gasteiger partial charge in [-0.15, -0.1) is 0 Å². The van der Waals surface area contributed by atoms with Crippen molar-refractivity contribution in [1.29, 1.82) is 0 Å². The highest BCUT2D eigenvalue weighted by Crippen LogP contribution is 2.35. The number of sulfonamides is 1. The minimum atomic E-state index is -3.74. The van der Waals surface area contributed by atoms with Crippen LogP contribution in [0.1, 0.15) is 6.92 Å². The highest BCUT2D eigenvalue weighted by molar-refractivity contribution is 9.10. The molecule has 0 aliphatic heterocycles. The van der Waals surface area contributed by atoms with E-state index in [1.54, 1.807) is 13.0 Å². The van der Waals surface area contributed by atoms with E-state index in [9.17, 15) is 8.42 Å². The lowest BCUT2D eigenvalue weighted by molar-refractivity contribution is 0.192. The van der Waals surface area contributed by atoms with Crippen LogP contribution in [0.5, 0.6) is 5.75 Å². The van der Waals surface area contributed by atoms with Crippen molar-refractivity contribution in [2.45, 2.75) is 17.9 Å². The molecule has 0 saturated heterocycles. The maximum absolute atomic E-state index is 12.3. The van der Waals surface area contributed by atoms with Crippen molar-refractivity contribution in [2.75, 3.05) is 26.7 Å². The molecule has 0 saturated carbocycles. The largest absolute Gasteiger partial charge is 0.494 e. The van der Waals surface area contributed by atoms with Crippen LogP contribution >= 0.6 is 27.5 Å². The van der Waals surface area contributed by atoms with Crippen LogP contribution in [0.4, 0.5) is 0 Å². The molecule has 1 aromatic rings. The van der Waals surface area contributed by atoms with Crippen molar-refractivity contribution in [1.82, 2.24) is 10.0 Å². The van der Waals surface area contributed by atoms with Gasteiger partial charge in [0.2, 0.25) is 10.0 Å². The van der Waals surface area contributed by atoms with Crippen molar-refractivity contribution >= 4 is 37.6 Å². The highest BCUT2D eigenvalue weighted by atomic mass is 79.9. The molecule has 0 aliphatic rings. The van der Waals surface area contributed by atoms with Gasteiger partial charge in [-0.3, -0.25) is 0 Å². The van der Waals surface area contributed by atoms with Crippen molar-refractivity contribution < 1.29 is 18.3 Å². The molecule has 0 fully saturated rings. The molecule has 1 rings (SSSR count). The minimum absolute atomic E-state index is 0.0279. The summed E-state index contributed by atoms with van der Waals surface area (Å²) in [7, 11) is -2.35. The number of halogens is 2. The standard InChI is InChI=1S/C12H18BrClN2O4S/c1-8(17)7-15-3-4-16-21(18,19)11-6-9(14)5-10(13)12(11)20-2/h5-6,8,15-17H,3-4,7H2,1-2H3. The van der Waals surface area contributed by atoms with Crippen molar-refractivity contribution in [2.24, 2.45) is 0 Å². The molecular formula is C12H18BrClN2O4S. The Hall–Kier alpha value is -0.380. The zero-order valence-corrected chi connectivity index (χ0v) is 14.8. The van der Waals surface area contributed by atoms with Gasteiger partial charge in [0.25, 0.3) is 0 Å². The Balaban J connectivity index is 2.79. The van der Waals surface area contributed by atoms with Crippen LogP contribution in [0, 0.1) is 0 Å². The van der Waals surface area contributed by atoms with Crippen LogP contribution in [0.3, 0.4) is 0 Å². The summed E-state index contributed by atoms with van der Waals surface area (Å²) < 4.78 is 32.5. The van der Waals surface area contributed by atoms with Gasteiger partial charge in [0.1, 0.15) is 4.90 Å². The molecule has 9 heteroatoms. The number of aliphatic hydroxyl groups is 1. The average molecular weight is 402 g/mol. The molecule has 0 aliphatic carbocycles. The smallest absolute Gasteiger partial charge is 0.244 e. The molecule has 1 unspecified atom stereocenters. The summed E-state index contributed by atoms with van der Waals surface area (Å²) in [6.07, 6.45) is -0.481. The van der Waals surface area contributed by atoms with Gasteiger partial charge in [0.15, 0.2) is 5.75 Å². The Morgan fingerprint density at radius 1 is 1.43 bits per heavy atom. The van der Waals surface area contributed by atoms with Gasteiger partial charge < -0.3 is 15.2 Å². The van der Waals surface area contributed by atoms with E-state index < -0.39 is 16.1 Å². The van der Waals surface area contributed by atoms with Crippen molar-refractivity contribution in [3.63, 3.8) is 0 Å². The predicted octanol–water partition coefficient (Wildman–Crippen LogP) is 1.36. The number of ether oxygens (including phenoxy) is 1. The third kappa shape index (κ3) is 5.72. The summed E-state index contributed by atoms with van der Waals surface area (Å²) in [4.78, 5) is -0.0279. The summed E-state index contributed by atoms with van der Waals surface area (Å²) >= 11 is 9.10. The molecule has 0 spiro atoms. The summed E-state index contributed by atoms with van der Waals surface area (Å²) in [6.45, 7) is 2.62. The molecule has 3 N–H and O–H groups in total. The second-order valence-electron chi connectivity index (χ2n) is 4.37. The van der Waals surface area contributed by atoms with E-state index in [-0.39, 0.29) is 22.2 Å². The van der Waals surface area contributed by atoms with Crippen LogP contribution in [-0.4, -0.2) is 46.4 Å². The lowest BCUT2D eigenvalue weighted by atomic mass is 10.3. The minimum Gasteiger partial charge on any atom is -0.494 e. The van der Waals surface area contributed by atoms with Crippen LogP contribution in [0.2, 0.25) is 5.02 Å². The molecule has 21 heavy (non-hydrogen) atoms. The Kier molecular flexibility index (Phi) is 7.38. The van der Waals surface area contributed by atoms with E-state index in [0.29, 0.717) is 17.6 Å². The van der Waals surface area contributed by atoms with Crippen molar-refractivity contribution in [3.8, 4) is 5.75 Å². The van der Waals surface area contributed by atoms with E-state index in [1.165, 1.54) is 13.2 Å².